The van der Waals surface area contributed by atoms with Gasteiger partial charge in [0.05, 0.1) is 0 Å². The summed E-state index contributed by atoms with van der Waals surface area (Å²) < 4.78 is 0. The molecule has 1 aliphatic carbocycles. The molecule has 4 heteroatoms. The van der Waals surface area contributed by atoms with Crippen molar-refractivity contribution < 1.29 is 15.0 Å². The predicted octanol–water partition coefficient (Wildman–Crippen LogP) is 0.859. The van der Waals surface area contributed by atoms with E-state index in [4.69, 9.17) is 5.11 Å². The van der Waals surface area contributed by atoms with Gasteiger partial charge in [-0.3, -0.25) is 4.90 Å². The lowest BCUT2D eigenvalue weighted by Gasteiger charge is -2.37. The fourth-order valence-electron chi connectivity index (χ4n) is 2.26. The minimum atomic E-state index is -0.994. The molecule has 1 heterocycles. The number of amides is 1. The highest BCUT2D eigenvalue weighted by molar-refractivity contribution is 5.65. The molecular weight excluding hydrogens is 158 g/mol. The molecule has 0 bridgehead atoms. The van der Waals surface area contributed by atoms with Crippen LogP contribution in [0.5, 0.6) is 0 Å². The molecule has 1 aliphatic heterocycles. The Bertz CT molecular complexity index is 212. The van der Waals surface area contributed by atoms with Gasteiger partial charge >= 0.3 is 6.09 Å². The number of likely N-dealkylation sites (tertiary alicyclic amines) is 1. The van der Waals surface area contributed by atoms with E-state index in [9.17, 15) is 9.90 Å². The number of nitrogens with zero attached hydrogens (tertiary/aromatic N) is 1. The Kier molecular flexibility index (Phi) is 1.54. The molecular formula is C8H13NO3. The summed E-state index contributed by atoms with van der Waals surface area (Å²) in [5, 5.41) is 18.1. The maximum atomic E-state index is 10.6. The van der Waals surface area contributed by atoms with Crippen LogP contribution in [0.4, 0.5) is 4.79 Å². The van der Waals surface area contributed by atoms with E-state index in [0.717, 1.165) is 17.7 Å². The van der Waals surface area contributed by atoms with Gasteiger partial charge in [0.25, 0.3) is 0 Å². The van der Waals surface area contributed by atoms with Crippen LogP contribution in [0.1, 0.15) is 25.7 Å². The van der Waals surface area contributed by atoms with Crippen molar-refractivity contribution in [1.82, 2.24) is 4.90 Å². The summed E-state index contributed by atoms with van der Waals surface area (Å²) in [6.07, 6.45) is 2.22. The number of aliphatic hydroxyl groups is 1. The second-order valence-electron chi connectivity index (χ2n) is 3.95. The molecule has 0 aromatic rings. The van der Waals surface area contributed by atoms with Crippen LogP contribution in [-0.2, 0) is 0 Å². The monoisotopic (exact) mass is 171 g/mol. The summed E-state index contributed by atoms with van der Waals surface area (Å²) in [7, 11) is 0. The van der Waals surface area contributed by atoms with E-state index >= 15 is 0 Å². The lowest BCUT2D eigenvalue weighted by Crippen LogP contribution is -2.37. The summed E-state index contributed by atoms with van der Waals surface area (Å²) in [5.41, 5.74) is 0.137. The zero-order valence-electron chi connectivity index (χ0n) is 6.86. The second kappa shape index (κ2) is 2.36. The third kappa shape index (κ3) is 0.982. The molecule has 2 rings (SSSR count). The van der Waals surface area contributed by atoms with Crippen molar-refractivity contribution in [3.8, 4) is 0 Å². The van der Waals surface area contributed by atoms with Gasteiger partial charge in [-0.05, 0) is 24.7 Å². The Morgan fingerprint density at radius 3 is 2.42 bits per heavy atom. The number of hydrogen-bond donors (Lipinski definition) is 2. The Morgan fingerprint density at radius 2 is 2.17 bits per heavy atom. The molecule has 0 radical (unpaired) electrons. The standard InChI is InChI=1S/C8H13NO3/c10-6-4-8(2-1-3-8)5-9(6)7(11)12/h6,10H,1-5H2,(H,11,12). The minimum absolute atomic E-state index is 0.137. The number of rotatable bonds is 0. The summed E-state index contributed by atoms with van der Waals surface area (Å²) in [4.78, 5) is 11.8. The molecule has 68 valence electrons. The largest absolute Gasteiger partial charge is 0.465 e. The maximum absolute atomic E-state index is 10.6. The van der Waals surface area contributed by atoms with Crippen molar-refractivity contribution in [1.29, 1.82) is 0 Å². The molecule has 2 N–H and O–H groups in total. The van der Waals surface area contributed by atoms with E-state index in [1.807, 2.05) is 0 Å². The van der Waals surface area contributed by atoms with Gasteiger partial charge in [0, 0.05) is 6.54 Å². The Morgan fingerprint density at radius 1 is 1.50 bits per heavy atom. The van der Waals surface area contributed by atoms with E-state index < -0.39 is 12.3 Å². The minimum Gasteiger partial charge on any atom is -0.465 e. The van der Waals surface area contributed by atoms with Crippen molar-refractivity contribution in [3.63, 3.8) is 0 Å². The SMILES string of the molecule is O=C(O)N1CC2(CCC2)CC1O. The second-order valence-corrected chi connectivity index (χ2v) is 3.95. The Balaban J connectivity index is 2.06. The highest BCUT2D eigenvalue weighted by Gasteiger charge is 2.48. The summed E-state index contributed by atoms with van der Waals surface area (Å²) in [5.74, 6) is 0. The molecule has 1 amide bonds. The first-order chi connectivity index (χ1) is 5.63. The van der Waals surface area contributed by atoms with Gasteiger partial charge in [0.2, 0.25) is 0 Å². The Hall–Kier alpha value is -0.770. The molecule has 12 heavy (non-hydrogen) atoms. The molecule has 1 atom stereocenters. The Labute approximate surface area is 70.8 Å². The highest BCUT2D eigenvalue weighted by atomic mass is 16.4. The smallest absolute Gasteiger partial charge is 0.409 e. The molecule has 1 saturated heterocycles. The fraction of sp³-hybridized carbons (Fsp3) is 0.875. The number of carbonyl (C=O) groups is 1. The van der Waals surface area contributed by atoms with Crippen molar-refractivity contribution in [2.75, 3.05) is 6.54 Å². The zero-order chi connectivity index (χ0) is 8.77. The first-order valence-corrected chi connectivity index (χ1v) is 4.31. The van der Waals surface area contributed by atoms with E-state index in [-0.39, 0.29) is 5.41 Å². The molecule has 0 aromatic carbocycles. The molecule has 2 fully saturated rings. The van der Waals surface area contributed by atoms with Crippen molar-refractivity contribution in [3.05, 3.63) is 0 Å². The summed E-state index contributed by atoms with van der Waals surface area (Å²) in [6, 6.07) is 0. The van der Waals surface area contributed by atoms with E-state index in [1.165, 1.54) is 6.42 Å². The maximum Gasteiger partial charge on any atom is 0.409 e. The van der Waals surface area contributed by atoms with Crippen LogP contribution in [0, 0.1) is 5.41 Å². The van der Waals surface area contributed by atoms with Crippen LogP contribution in [0.15, 0.2) is 0 Å². The van der Waals surface area contributed by atoms with E-state index in [2.05, 4.69) is 0 Å². The van der Waals surface area contributed by atoms with Crippen LogP contribution < -0.4 is 0 Å². The number of hydrogen-bond acceptors (Lipinski definition) is 2. The first kappa shape index (κ1) is 7.86. The number of carboxylic acid groups (broad SMARTS) is 1. The van der Waals surface area contributed by atoms with E-state index in [1.54, 1.807) is 0 Å². The summed E-state index contributed by atoms with van der Waals surface area (Å²) >= 11 is 0. The average Bonchev–Trinajstić information content (AvgIpc) is 2.26. The van der Waals surface area contributed by atoms with Crippen LogP contribution >= 0.6 is 0 Å². The van der Waals surface area contributed by atoms with Crippen molar-refractivity contribution in [2.24, 2.45) is 5.41 Å². The van der Waals surface area contributed by atoms with Gasteiger partial charge in [-0.15, -0.1) is 0 Å². The van der Waals surface area contributed by atoms with Crippen molar-refractivity contribution in [2.45, 2.75) is 31.9 Å². The predicted molar refractivity (Wildman–Crippen MR) is 41.6 cm³/mol. The summed E-state index contributed by atoms with van der Waals surface area (Å²) in [6.45, 7) is 0.531. The van der Waals surface area contributed by atoms with Gasteiger partial charge in [0.15, 0.2) is 0 Å². The average molecular weight is 171 g/mol. The topological polar surface area (TPSA) is 60.8 Å². The fourth-order valence-corrected chi connectivity index (χ4v) is 2.26. The molecule has 1 unspecified atom stereocenters. The van der Waals surface area contributed by atoms with Crippen LogP contribution in [0.25, 0.3) is 0 Å². The third-order valence-electron chi connectivity index (χ3n) is 3.14. The highest BCUT2D eigenvalue weighted by Crippen LogP contribution is 2.49. The lowest BCUT2D eigenvalue weighted by molar-refractivity contribution is 0.0402. The van der Waals surface area contributed by atoms with Crippen LogP contribution in [0.2, 0.25) is 0 Å². The van der Waals surface area contributed by atoms with Gasteiger partial charge in [0.1, 0.15) is 6.23 Å². The molecule has 2 aliphatic rings. The van der Waals surface area contributed by atoms with Gasteiger partial charge in [-0.25, -0.2) is 4.79 Å². The first-order valence-electron chi connectivity index (χ1n) is 4.31. The molecule has 1 saturated carbocycles. The third-order valence-corrected chi connectivity index (χ3v) is 3.14. The van der Waals surface area contributed by atoms with Gasteiger partial charge in [-0.2, -0.15) is 0 Å². The van der Waals surface area contributed by atoms with Gasteiger partial charge < -0.3 is 10.2 Å². The zero-order valence-corrected chi connectivity index (χ0v) is 6.86. The number of aliphatic hydroxyl groups excluding tert-OH is 1. The molecule has 4 nitrogen and oxygen atoms in total. The lowest BCUT2D eigenvalue weighted by atomic mass is 9.68. The molecule has 1 spiro atoms. The van der Waals surface area contributed by atoms with E-state index in [0.29, 0.717) is 13.0 Å². The van der Waals surface area contributed by atoms with Crippen molar-refractivity contribution >= 4 is 6.09 Å². The molecule has 0 aromatic heterocycles. The van der Waals surface area contributed by atoms with Crippen LogP contribution in [-0.4, -0.2) is 34.0 Å². The normalized spacial score (nSPS) is 32.1. The quantitative estimate of drug-likeness (QED) is 0.568. The van der Waals surface area contributed by atoms with Gasteiger partial charge in [-0.1, -0.05) is 6.42 Å². The van der Waals surface area contributed by atoms with Crippen LogP contribution in [0.3, 0.4) is 0 Å².